The summed E-state index contributed by atoms with van der Waals surface area (Å²) in [6, 6.07) is 12.3. The smallest absolute Gasteiger partial charge is 0.323 e. The minimum Gasteiger partial charge on any atom is -0.496 e. The monoisotopic (exact) mass is 408 g/mol. The van der Waals surface area contributed by atoms with Crippen LogP contribution in [0.3, 0.4) is 0 Å². The number of ether oxygens (including phenoxy) is 3. The molecule has 4 rings (SSSR count). The predicted molar refractivity (Wildman–Crippen MR) is 113 cm³/mol. The summed E-state index contributed by atoms with van der Waals surface area (Å²) >= 11 is 0. The highest BCUT2D eigenvalue weighted by molar-refractivity contribution is 6.01. The van der Waals surface area contributed by atoms with Crippen molar-refractivity contribution in [1.29, 1.82) is 0 Å². The van der Waals surface area contributed by atoms with Crippen LogP contribution < -0.4 is 4.74 Å². The largest absolute Gasteiger partial charge is 0.496 e. The zero-order valence-corrected chi connectivity index (χ0v) is 18.0. The average molecular weight is 408 g/mol. The number of carbonyl (C=O) groups excluding carboxylic acids is 2. The van der Waals surface area contributed by atoms with Gasteiger partial charge in [-0.2, -0.15) is 0 Å². The van der Waals surface area contributed by atoms with Crippen LogP contribution in [0.4, 0.5) is 0 Å². The quantitative estimate of drug-likeness (QED) is 0.554. The Balaban J connectivity index is 2.01. The second-order valence-corrected chi connectivity index (χ2v) is 8.32. The Kier molecular flexibility index (Phi) is 5.08. The van der Waals surface area contributed by atoms with Gasteiger partial charge in [0.15, 0.2) is 5.41 Å². The van der Waals surface area contributed by atoms with Crippen LogP contribution in [0.1, 0.15) is 55.0 Å². The number of benzene rings is 2. The van der Waals surface area contributed by atoms with Gasteiger partial charge in [0.2, 0.25) is 0 Å². The second kappa shape index (κ2) is 7.46. The fraction of sp³-hybridized carbons (Fsp3) is 0.440. The molecule has 2 aromatic carbocycles. The van der Waals surface area contributed by atoms with Crippen molar-refractivity contribution in [2.75, 3.05) is 20.3 Å². The average Bonchev–Trinajstić information content (AvgIpc) is 2.74. The van der Waals surface area contributed by atoms with Crippen LogP contribution in [-0.2, 0) is 37.3 Å². The van der Waals surface area contributed by atoms with Crippen molar-refractivity contribution in [2.45, 2.75) is 45.4 Å². The van der Waals surface area contributed by atoms with Gasteiger partial charge in [0.25, 0.3) is 0 Å². The summed E-state index contributed by atoms with van der Waals surface area (Å²) < 4.78 is 16.6. The molecule has 5 heteroatoms. The molecule has 0 saturated heterocycles. The molecule has 158 valence electrons. The lowest BCUT2D eigenvalue weighted by Crippen LogP contribution is -2.53. The first kappa shape index (κ1) is 20.5. The molecule has 0 heterocycles. The fourth-order valence-corrected chi connectivity index (χ4v) is 5.49. The summed E-state index contributed by atoms with van der Waals surface area (Å²) in [5, 5.41) is 0. The Morgan fingerprint density at radius 2 is 1.63 bits per heavy atom. The SMILES string of the molecule is CCOC(=O)C1(C(=O)OCC)Cc2c(OC)ccc3c2C(C)(C1)c1ccccc1C3. The van der Waals surface area contributed by atoms with E-state index in [-0.39, 0.29) is 19.6 Å². The van der Waals surface area contributed by atoms with Crippen LogP contribution in [0.15, 0.2) is 36.4 Å². The van der Waals surface area contributed by atoms with Gasteiger partial charge in [-0.1, -0.05) is 37.3 Å². The van der Waals surface area contributed by atoms with Crippen molar-refractivity contribution < 1.29 is 23.8 Å². The Bertz CT molecular complexity index is 991. The van der Waals surface area contributed by atoms with Gasteiger partial charge in [-0.15, -0.1) is 0 Å². The summed E-state index contributed by atoms with van der Waals surface area (Å²) in [7, 11) is 1.62. The molecule has 0 radical (unpaired) electrons. The summed E-state index contributed by atoms with van der Waals surface area (Å²) in [6.07, 6.45) is 1.35. The standard InChI is InChI=1S/C25H28O5/c1-5-29-22(26)25(23(27)30-6-2)14-18-20(28-4)12-11-17-13-16-9-7-8-10-19(16)24(3,15-25)21(17)18/h7-12H,5-6,13-15H2,1-4H3. The van der Waals surface area contributed by atoms with Gasteiger partial charge in [-0.3, -0.25) is 9.59 Å². The summed E-state index contributed by atoms with van der Waals surface area (Å²) in [5.41, 5.74) is 3.70. The first-order chi connectivity index (χ1) is 14.4. The van der Waals surface area contributed by atoms with E-state index in [1.165, 1.54) is 16.7 Å². The number of rotatable bonds is 5. The highest BCUT2D eigenvalue weighted by Crippen LogP contribution is 2.56. The van der Waals surface area contributed by atoms with E-state index in [0.29, 0.717) is 12.2 Å². The van der Waals surface area contributed by atoms with Crippen molar-refractivity contribution in [3.63, 3.8) is 0 Å². The molecule has 2 aliphatic carbocycles. The van der Waals surface area contributed by atoms with E-state index in [4.69, 9.17) is 14.2 Å². The van der Waals surface area contributed by atoms with Crippen molar-refractivity contribution in [3.8, 4) is 5.75 Å². The molecular formula is C25H28O5. The number of methoxy groups -OCH3 is 1. The minimum atomic E-state index is -1.41. The maximum Gasteiger partial charge on any atom is 0.323 e. The van der Waals surface area contributed by atoms with Gasteiger partial charge in [0, 0.05) is 17.4 Å². The molecule has 0 spiro atoms. The van der Waals surface area contributed by atoms with E-state index in [2.05, 4.69) is 25.1 Å². The molecule has 1 unspecified atom stereocenters. The van der Waals surface area contributed by atoms with Crippen LogP contribution >= 0.6 is 0 Å². The normalized spacial score (nSPS) is 20.5. The van der Waals surface area contributed by atoms with E-state index in [1.54, 1.807) is 21.0 Å². The highest BCUT2D eigenvalue weighted by atomic mass is 16.6. The lowest BCUT2D eigenvalue weighted by molar-refractivity contribution is -0.174. The molecule has 0 aromatic heterocycles. The third-order valence-corrected chi connectivity index (χ3v) is 6.59. The molecule has 0 N–H and O–H groups in total. The maximum atomic E-state index is 13.3. The number of carbonyl (C=O) groups is 2. The van der Waals surface area contributed by atoms with E-state index >= 15 is 0 Å². The van der Waals surface area contributed by atoms with E-state index in [0.717, 1.165) is 17.5 Å². The van der Waals surface area contributed by atoms with Gasteiger partial charge < -0.3 is 14.2 Å². The topological polar surface area (TPSA) is 61.8 Å². The first-order valence-electron chi connectivity index (χ1n) is 10.5. The zero-order chi connectivity index (χ0) is 21.5. The molecule has 30 heavy (non-hydrogen) atoms. The summed E-state index contributed by atoms with van der Waals surface area (Å²) in [4.78, 5) is 26.6. The summed E-state index contributed by atoms with van der Waals surface area (Å²) in [6.45, 7) is 6.04. The van der Waals surface area contributed by atoms with Gasteiger partial charge in [-0.05, 0) is 55.0 Å². The van der Waals surface area contributed by atoms with Gasteiger partial charge in [0.05, 0.1) is 20.3 Å². The van der Waals surface area contributed by atoms with Crippen LogP contribution in [0.5, 0.6) is 5.75 Å². The molecule has 2 aromatic rings. The van der Waals surface area contributed by atoms with E-state index in [9.17, 15) is 9.59 Å². The molecule has 1 atom stereocenters. The maximum absolute atomic E-state index is 13.3. The third kappa shape index (κ3) is 2.83. The Morgan fingerprint density at radius 1 is 0.967 bits per heavy atom. The molecule has 0 fully saturated rings. The van der Waals surface area contributed by atoms with Crippen molar-refractivity contribution in [3.05, 3.63) is 64.2 Å². The minimum absolute atomic E-state index is 0.206. The Morgan fingerprint density at radius 3 is 2.27 bits per heavy atom. The van der Waals surface area contributed by atoms with Gasteiger partial charge in [-0.25, -0.2) is 0 Å². The van der Waals surface area contributed by atoms with Gasteiger partial charge in [0.1, 0.15) is 5.75 Å². The lowest BCUT2D eigenvalue weighted by Gasteiger charge is -2.48. The van der Waals surface area contributed by atoms with E-state index in [1.807, 2.05) is 18.2 Å². The van der Waals surface area contributed by atoms with Crippen molar-refractivity contribution in [2.24, 2.45) is 5.41 Å². The van der Waals surface area contributed by atoms with Crippen LogP contribution in [0.2, 0.25) is 0 Å². The molecule has 0 saturated carbocycles. The predicted octanol–water partition coefficient (Wildman–Crippen LogP) is 3.96. The molecule has 0 amide bonds. The molecule has 0 bridgehead atoms. The molecular weight excluding hydrogens is 380 g/mol. The van der Waals surface area contributed by atoms with E-state index < -0.39 is 22.8 Å². The third-order valence-electron chi connectivity index (χ3n) is 6.59. The van der Waals surface area contributed by atoms with Crippen LogP contribution in [0.25, 0.3) is 0 Å². The number of hydrogen-bond donors (Lipinski definition) is 0. The van der Waals surface area contributed by atoms with Crippen LogP contribution in [0, 0.1) is 5.41 Å². The Labute approximate surface area is 177 Å². The zero-order valence-electron chi connectivity index (χ0n) is 18.0. The highest BCUT2D eigenvalue weighted by Gasteiger charge is 2.59. The Hall–Kier alpha value is -2.82. The summed E-state index contributed by atoms with van der Waals surface area (Å²) in [5.74, 6) is -0.353. The van der Waals surface area contributed by atoms with Gasteiger partial charge >= 0.3 is 11.9 Å². The molecule has 2 aliphatic rings. The molecule has 0 aliphatic heterocycles. The second-order valence-electron chi connectivity index (χ2n) is 8.32. The number of esters is 2. The van der Waals surface area contributed by atoms with Crippen molar-refractivity contribution >= 4 is 11.9 Å². The molecule has 5 nitrogen and oxygen atoms in total. The fourth-order valence-electron chi connectivity index (χ4n) is 5.49. The lowest BCUT2D eigenvalue weighted by atomic mass is 9.54. The number of hydrogen-bond acceptors (Lipinski definition) is 5. The van der Waals surface area contributed by atoms with Crippen molar-refractivity contribution in [1.82, 2.24) is 0 Å². The number of fused-ring (bicyclic) bond motifs is 2. The first-order valence-corrected chi connectivity index (χ1v) is 10.5. The van der Waals surface area contributed by atoms with Crippen LogP contribution in [-0.4, -0.2) is 32.3 Å².